The molecule has 14 heavy (non-hydrogen) atoms. The molecule has 1 unspecified atom stereocenters. The first-order valence-electron chi connectivity index (χ1n) is 4.15. The van der Waals surface area contributed by atoms with Gasteiger partial charge in [-0.1, -0.05) is 15.9 Å². The van der Waals surface area contributed by atoms with Crippen LogP contribution in [0.5, 0.6) is 11.5 Å². The highest BCUT2D eigenvalue weighted by molar-refractivity contribution is 9.10. The van der Waals surface area contributed by atoms with Crippen LogP contribution < -0.4 is 9.47 Å². The Kier molecular flexibility index (Phi) is 4.08. The van der Waals surface area contributed by atoms with Gasteiger partial charge in [0.05, 0.1) is 19.6 Å². The molecule has 1 rings (SSSR count). The van der Waals surface area contributed by atoms with Crippen molar-refractivity contribution < 1.29 is 9.47 Å². The number of rotatable bonds is 3. The van der Waals surface area contributed by atoms with Crippen molar-refractivity contribution in [1.29, 1.82) is 0 Å². The van der Waals surface area contributed by atoms with Gasteiger partial charge in [0, 0.05) is 4.47 Å². The Hall–Kier alpha value is -0.410. The summed E-state index contributed by atoms with van der Waals surface area (Å²) in [6.07, 6.45) is 0. The SMILES string of the molecule is COc1cc(Br)c(C(C)Cl)cc1OC. The van der Waals surface area contributed by atoms with E-state index in [2.05, 4.69) is 15.9 Å². The van der Waals surface area contributed by atoms with E-state index < -0.39 is 0 Å². The molecule has 0 spiro atoms. The minimum atomic E-state index is -0.0656. The summed E-state index contributed by atoms with van der Waals surface area (Å²) >= 11 is 9.44. The molecule has 4 heteroatoms. The van der Waals surface area contributed by atoms with Gasteiger partial charge < -0.3 is 9.47 Å². The van der Waals surface area contributed by atoms with Gasteiger partial charge in [-0.15, -0.1) is 11.6 Å². The second kappa shape index (κ2) is 4.89. The normalized spacial score (nSPS) is 12.4. The van der Waals surface area contributed by atoms with Gasteiger partial charge in [0.25, 0.3) is 0 Å². The summed E-state index contributed by atoms with van der Waals surface area (Å²) in [5, 5.41) is -0.0656. The molecule has 0 aliphatic rings. The number of hydrogen-bond acceptors (Lipinski definition) is 2. The van der Waals surface area contributed by atoms with E-state index in [4.69, 9.17) is 21.1 Å². The van der Waals surface area contributed by atoms with E-state index in [1.54, 1.807) is 14.2 Å². The quantitative estimate of drug-likeness (QED) is 0.784. The van der Waals surface area contributed by atoms with Crippen LogP contribution >= 0.6 is 27.5 Å². The Morgan fingerprint density at radius 2 is 1.71 bits per heavy atom. The summed E-state index contributed by atoms with van der Waals surface area (Å²) in [6.45, 7) is 1.91. The number of methoxy groups -OCH3 is 2. The van der Waals surface area contributed by atoms with E-state index in [0.29, 0.717) is 11.5 Å². The van der Waals surface area contributed by atoms with Crippen molar-refractivity contribution in [3.05, 3.63) is 22.2 Å². The molecule has 0 fully saturated rings. The second-order valence-electron chi connectivity index (χ2n) is 2.84. The minimum absolute atomic E-state index is 0.0656. The fraction of sp³-hybridized carbons (Fsp3) is 0.400. The van der Waals surface area contributed by atoms with E-state index in [1.807, 2.05) is 19.1 Å². The van der Waals surface area contributed by atoms with Crippen LogP contribution in [0.3, 0.4) is 0 Å². The topological polar surface area (TPSA) is 18.5 Å². The standard InChI is InChI=1S/C10H12BrClO2/c1-6(12)7-4-9(13-2)10(14-3)5-8(7)11/h4-6H,1-3H3. The lowest BCUT2D eigenvalue weighted by Crippen LogP contribution is -1.94. The van der Waals surface area contributed by atoms with E-state index in [1.165, 1.54) is 0 Å². The number of ether oxygens (including phenoxy) is 2. The van der Waals surface area contributed by atoms with Crippen LogP contribution in [0.1, 0.15) is 17.9 Å². The monoisotopic (exact) mass is 278 g/mol. The van der Waals surface area contributed by atoms with Gasteiger partial charge in [0.15, 0.2) is 11.5 Å². The first-order valence-corrected chi connectivity index (χ1v) is 5.38. The molecule has 2 nitrogen and oxygen atoms in total. The Bertz CT molecular complexity index is 326. The van der Waals surface area contributed by atoms with Gasteiger partial charge in [0.1, 0.15) is 0 Å². The largest absolute Gasteiger partial charge is 0.493 e. The average Bonchev–Trinajstić information content (AvgIpc) is 2.16. The molecule has 0 radical (unpaired) electrons. The fourth-order valence-electron chi connectivity index (χ4n) is 1.17. The third kappa shape index (κ3) is 2.34. The number of benzene rings is 1. The van der Waals surface area contributed by atoms with Crippen LogP contribution in [0.4, 0.5) is 0 Å². The first-order chi connectivity index (χ1) is 6.60. The first kappa shape index (κ1) is 11.7. The van der Waals surface area contributed by atoms with Crippen molar-refractivity contribution in [2.75, 3.05) is 14.2 Å². The maximum absolute atomic E-state index is 6.01. The Balaban J connectivity index is 3.23. The molecule has 1 aromatic carbocycles. The third-order valence-corrected chi connectivity index (χ3v) is 2.85. The highest BCUT2D eigenvalue weighted by Gasteiger charge is 2.12. The fourth-order valence-corrected chi connectivity index (χ4v) is 2.15. The number of alkyl halides is 1. The van der Waals surface area contributed by atoms with Crippen molar-refractivity contribution >= 4 is 27.5 Å². The van der Waals surface area contributed by atoms with Crippen LogP contribution in [0.25, 0.3) is 0 Å². The lowest BCUT2D eigenvalue weighted by atomic mass is 10.1. The summed E-state index contributed by atoms with van der Waals surface area (Å²) in [4.78, 5) is 0. The smallest absolute Gasteiger partial charge is 0.161 e. The Labute approximate surface area is 97.3 Å². The van der Waals surface area contributed by atoms with Gasteiger partial charge >= 0.3 is 0 Å². The van der Waals surface area contributed by atoms with Gasteiger partial charge in [-0.05, 0) is 24.6 Å². The molecule has 0 bridgehead atoms. The van der Waals surface area contributed by atoms with Crippen molar-refractivity contribution in [3.8, 4) is 11.5 Å². The van der Waals surface area contributed by atoms with Gasteiger partial charge in [-0.25, -0.2) is 0 Å². The molecule has 1 aromatic rings. The molecule has 0 saturated carbocycles. The van der Waals surface area contributed by atoms with Crippen LogP contribution in [0.2, 0.25) is 0 Å². The average molecular weight is 280 g/mol. The summed E-state index contributed by atoms with van der Waals surface area (Å²) in [5.74, 6) is 1.39. The molecular weight excluding hydrogens is 267 g/mol. The summed E-state index contributed by atoms with van der Waals surface area (Å²) in [7, 11) is 3.21. The maximum atomic E-state index is 6.01. The zero-order chi connectivity index (χ0) is 10.7. The van der Waals surface area contributed by atoms with Crippen molar-refractivity contribution in [2.24, 2.45) is 0 Å². The van der Waals surface area contributed by atoms with Gasteiger partial charge in [-0.2, -0.15) is 0 Å². The predicted molar refractivity (Wildman–Crippen MR) is 61.5 cm³/mol. The van der Waals surface area contributed by atoms with Gasteiger partial charge in [-0.3, -0.25) is 0 Å². The molecular formula is C10H12BrClO2. The highest BCUT2D eigenvalue weighted by Crippen LogP contribution is 2.37. The third-order valence-electron chi connectivity index (χ3n) is 1.93. The molecule has 0 heterocycles. The van der Waals surface area contributed by atoms with Crippen molar-refractivity contribution in [1.82, 2.24) is 0 Å². The zero-order valence-corrected chi connectivity index (χ0v) is 10.6. The van der Waals surface area contributed by atoms with E-state index in [9.17, 15) is 0 Å². The molecule has 0 saturated heterocycles. The highest BCUT2D eigenvalue weighted by atomic mass is 79.9. The van der Waals surface area contributed by atoms with Crippen LogP contribution in [0.15, 0.2) is 16.6 Å². The molecule has 1 atom stereocenters. The summed E-state index contributed by atoms with van der Waals surface area (Å²) in [5.41, 5.74) is 0.990. The summed E-state index contributed by atoms with van der Waals surface area (Å²) < 4.78 is 11.3. The van der Waals surface area contributed by atoms with Crippen LogP contribution in [-0.4, -0.2) is 14.2 Å². The molecule has 0 aromatic heterocycles. The minimum Gasteiger partial charge on any atom is -0.493 e. The predicted octanol–water partition coefficient (Wildman–Crippen LogP) is 3.77. The second-order valence-corrected chi connectivity index (χ2v) is 4.35. The van der Waals surface area contributed by atoms with Crippen LogP contribution in [-0.2, 0) is 0 Å². The van der Waals surface area contributed by atoms with E-state index in [-0.39, 0.29) is 5.38 Å². The molecule has 0 amide bonds. The molecule has 0 aliphatic carbocycles. The zero-order valence-electron chi connectivity index (χ0n) is 8.30. The molecule has 78 valence electrons. The Morgan fingerprint density at radius 3 is 2.14 bits per heavy atom. The number of halogens is 2. The lowest BCUT2D eigenvalue weighted by molar-refractivity contribution is 0.354. The Morgan fingerprint density at radius 1 is 1.21 bits per heavy atom. The van der Waals surface area contributed by atoms with Crippen LogP contribution in [0, 0.1) is 0 Å². The van der Waals surface area contributed by atoms with Crippen molar-refractivity contribution in [3.63, 3.8) is 0 Å². The number of hydrogen-bond donors (Lipinski definition) is 0. The lowest BCUT2D eigenvalue weighted by Gasteiger charge is -2.12. The summed E-state index contributed by atoms with van der Waals surface area (Å²) in [6, 6.07) is 3.73. The molecule has 0 N–H and O–H groups in total. The maximum Gasteiger partial charge on any atom is 0.161 e. The van der Waals surface area contributed by atoms with Gasteiger partial charge in [0.2, 0.25) is 0 Å². The van der Waals surface area contributed by atoms with E-state index >= 15 is 0 Å². The van der Waals surface area contributed by atoms with E-state index in [0.717, 1.165) is 10.0 Å². The van der Waals surface area contributed by atoms with Crippen molar-refractivity contribution in [2.45, 2.75) is 12.3 Å². The molecule has 0 aliphatic heterocycles.